The normalized spacial score (nSPS) is 12.0. The molecule has 8 nitrogen and oxygen atoms in total. The van der Waals surface area contributed by atoms with Crippen LogP contribution in [-0.2, 0) is 36.6 Å². The van der Waals surface area contributed by atoms with Crippen molar-refractivity contribution in [3.05, 3.63) is 59.3 Å². The average Bonchev–Trinajstić information content (AvgIpc) is 2.74. The van der Waals surface area contributed by atoms with Crippen LogP contribution in [0.1, 0.15) is 35.3 Å². The molecule has 0 saturated carbocycles. The van der Waals surface area contributed by atoms with E-state index >= 15 is 0 Å². The van der Waals surface area contributed by atoms with Crippen LogP contribution >= 0.6 is 0 Å². The van der Waals surface area contributed by atoms with Crippen LogP contribution in [0.4, 0.5) is 19.0 Å². The SMILES string of the molecule is CCOC(=O)c1cccnc1NC(=O)C(OCc1ccc(C(F)(F)F)cc1)C(=O)OCC. The van der Waals surface area contributed by atoms with Gasteiger partial charge in [-0.05, 0) is 43.7 Å². The number of amides is 1. The molecule has 172 valence electrons. The van der Waals surface area contributed by atoms with E-state index in [0.717, 1.165) is 12.1 Å². The minimum absolute atomic E-state index is 0.0342. The highest BCUT2D eigenvalue weighted by Crippen LogP contribution is 2.29. The number of nitrogens with one attached hydrogen (secondary N) is 1. The number of carbonyl (C=O) groups excluding carboxylic acids is 3. The second-order valence-electron chi connectivity index (χ2n) is 6.25. The van der Waals surface area contributed by atoms with Gasteiger partial charge in [0.25, 0.3) is 5.91 Å². The summed E-state index contributed by atoms with van der Waals surface area (Å²) in [6.45, 7) is 2.85. The van der Waals surface area contributed by atoms with Gasteiger partial charge in [-0.25, -0.2) is 14.6 Å². The van der Waals surface area contributed by atoms with Gasteiger partial charge in [-0.3, -0.25) is 4.79 Å². The van der Waals surface area contributed by atoms with Crippen molar-refractivity contribution in [1.29, 1.82) is 0 Å². The third-order valence-corrected chi connectivity index (χ3v) is 3.98. The zero-order valence-corrected chi connectivity index (χ0v) is 17.3. The number of esters is 2. The number of carbonyl (C=O) groups is 3. The Kier molecular flexibility index (Phi) is 8.71. The fraction of sp³-hybridized carbons (Fsp3) is 0.333. The lowest BCUT2D eigenvalue weighted by Crippen LogP contribution is -2.39. The van der Waals surface area contributed by atoms with Crippen LogP contribution in [-0.4, -0.2) is 42.1 Å². The maximum atomic E-state index is 12.7. The predicted molar refractivity (Wildman–Crippen MR) is 105 cm³/mol. The van der Waals surface area contributed by atoms with Gasteiger partial charge >= 0.3 is 18.1 Å². The number of rotatable bonds is 9. The van der Waals surface area contributed by atoms with Gasteiger partial charge in [0, 0.05) is 6.20 Å². The molecule has 1 aromatic carbocycles. The van der Waals surface area contributed by atoms with E-state index < -0.39 is 35.7 Å². The van der Waals surface area contributed by atoms with Crippen LogP contribution in [0.25, 0.3) is 0 Å². The Bertz CT molecular complexity index is 947. The van der Waals surface area contributed by atoms with Crippen LogP contribution in [0.3, 0.4) is 0 Å². The monoisotopic (exact) mass is 454 g/mol. The fourth-order valence-corrected chi connectivity index (χ4v) is 2.50. The Hall–Kier alpha value is -3.47. The molecule has 1 N–H and O–H groups in total. The molecule has 0 saturated heterocycles. The van der Waals surface area contributed by atoms with E-state index in [-0.39, 0.29) is 31.2 Å². The van der Waals surface area contributed by atoms with Crippen LogP contribution in [0.2, 0.25) is 0 Å². The molecular formula is C21H21F3N2O6. The number of pyridine rings is 1. The number of aromatic nitrogens is 1. The summed E-state index contributed by atoms with van der Waals surface area (Å²) in [5, 5.41) is 2.33. The Morgan fingerprint density at radius 1 is 1.03 bits per heavy atom. The van der Waals surface area contributed by atoms with Crippen molar-refractivity contribution in [3.63, 3.8) is 0 Å². The number of anilines is 1. The topological polar surface area (TPSA) is 104 Å². The van der Waals surface area contributed by atoms with Crippen LogP contribution < -0.4 is 5.32 Å². The highest BCUT2D eigenvalue weighted by molar-refractivity contribution is 6.09. The van der Waals surface area contributed by atoms with Gasteiger partial charge in [0.15, 0.2) is 0 Å². The van der Waals surface area contributed by atoms with Crippen LogP contribution in [0, 0.1) is 0 Å². The molecule has 2 aromatic rings. The predicted octanol–water partition coefficient (Wildman–Crippen LogP) is 3.36. The summed E-state index contributed by atoms with van der Waals surface area (Å²) in [6, 6.07) is 6.89. The standard InChI is InChI=1S/C21H21F3N2O6/c1-3-30-19(28)15-6-5-11-25-17(15)26-18(27)16(20(29)31-4-2)32-12-13-7-9-14(10-8-13)21(22,23)24/h5-11,16H,3-4,12H2,1-2H3,(H,25,26,27). The number of nitrogens with zero attached hydrogens (tertiary/aromatic N) is 1. The van der Waals surface area contributed by atoms with Gasteiger partial charge in [-0.2, -0.15) is 13.2 Å². The van der Waals surface area contributed by atoms with Crippen LogP contribution in [0.15, 0.2) is 42.6 Å². The molecule has 1 unspecified atom stereocenters. The molecule has 0 spiro atoms. The average molecular weight is 454 g/mol. The molecule has 1 atom stereocenters. The maximum absolute atomic E-state index is 12.7. The summed E-state index contributed by atoms with van der Waals surface area (Å²) < 4.78 is 53.2. The summed E-state index contributed by atoms with van der Waals surface area (Å²) >= 11 is 0. The molecule has 2 rings (SSSR count). The van der Waals surface area contributed by atoms with E-state index in [1.54, 1.807) is 6.92 Å². The number of hydrogen-bond acceptors (Lipinski definition) is 7. The molecule has 0 radical (unpaired) electrons. The smallest absolute Gasteiger partial charge is 0.416 e. The molecule has 1 aromatic heterocycles. The zero-order chi connectivity index (χ0) is 23.7. The van der Waals surface area contributed by atoms with E-state index in [1.807, 2.05) is 0 Å². The van der Waals surface area contributed by atoms with Gasteiger partial charge in [0.2, 0.25) is 6.10 Å². The molecule has 0 bridgehead atoms. The van der Waals surface area contributed by atoms with Gasteiger partial charge in [0.05, 0.1) is 25.4 Å². The quantitative estimate of drug-likeness (QED) is 0.458. The van der Waals surface area contributed by atoms with E-state index in [1.165, 1.54) is 37.4 Å². The van der Waals surface area contributed by atoms with E-state index in [0.29, 0.717) is 5.56 Å². The fourth-order valence-electron chi connectivity index (χ4n) is 2.50. The summed E-state index contributed by atoms with van der Waals surface area (Å²) in [7, 11) is 0. The summed E-state index contributed by atoms with van der Waals surface area (Å²) in [6.07, 6.45) is -4.93. The van der Waals surface area contributed by atoms with Crippen molar-refractivity contribution in [3.8, 4) is 0 Å². The Balaban J connectivity index is 2.16. The van der Waals surface area contributed by atoms with Crippen molar-refractivity contribution < 1.29 is 41.8 Å². The molecule has 0 aliphatic heterocycles. The first-order chi connectivity index (χ1) is 15.2. The van der Waals surface area contributed by atoms with Gasteiger partial charge in [-0.15, -0.1) is 0 Å². The lowest BCUT2D eigenvalue weighted by atomic mass is 10.1. The van der Waals surface area contributed by atoms with Gasteiger partial charge < -0.3 is 19.5 Å². The summed E-state index contributed by atoms with van der Waals surface area (Å²) in [5.74, 6) is -2.86. The Morgan fingerprint density at radius 3 is 2.28 bits per heavy atom. The lowest BCUT2D eigenvalue weighted by molar-refractivity contribution is -0.161. The number of ether oxygens (including phenoxy) is 3. The molecule has 11 heteroatoms. The maximum Gasteiger partial charge on any atom is 0.416 e. The number of alkyl halides is 3. The molecule has 0 aliphatic rings. The summed E-state index contributed by atoms with van der Waals surface area (Å²) in [5.41, 5.74) is -0.583. The first-order valence-corrected chi connectivity index (χ1v) is 9.54. The Morgan fingerprint density at radius 2 is 1.69 bits per heavy atom. The molecule has 32 heavy (non-hydrogen) atoms. The second kappa shape index (κ2) is 11.2. The third kappa shape index (κ3) is 6.77. The zero-order valence-electron chi connectivity index (χ0n) is 17.3. The molecular weight excluding hydrogens is 433 g/mol. The Labute approximate surface area is 181 Å². The van der Waals surface area contributed by atoms with E-state index in [4.69, 9.17) is 14.2 Å². The summed E-state index contributed by atoms with van der Waals surface area (Å²) in [4.78, 5) is 40.9. The first-order valence-electron chi connectivity index (χ1n) is 9.54. The second-order valence-corrected chi connectivity index (χ2v) is 6.25. The highest BCUT2D eigenvalue weighted by atomic mass is 19.4. The third-order valence-electron chi connectivity index (χ3n) is 3.98. The lowest BCUT2D eigenvalue weighted by Gasteiger charge is -2.17. The van der Waals surface area contributed by atoms with E-state index in [9.17, 15) is 27.6 Å². The van der Waals surface area contributed by atoms with Crippen molar-refractivity contribution >= 4 is 23.7 Å². The van der Waals surface area contributed by atoms with Crippen molar-refractivity contribution in [2.24, 2.45) is 0 Å². The van der Waals surface area contributed by atoms with Crippen molar-refractivity contribution in [2.45, 2.75) is 32.7 Å². The highest BCUT2D eigenvalue weighted by Gasteiger charge is 2.32. The minimum atomic E-state index is -4.49. The molecule has 0 aliphatic carbocycles. The molecule has 0 fully saturated rings. The molecule has 1 amide bonds. The first kappa shape index (κ1) is 24.8. The van der Waals surface area contributed by atoms with E-state index in [2.05, 4.69) is 10.3 Å². The van der Waals surface area contributed by atoms with Gasteiger partial charge in [-0.1, -0.05) is 12.1 Å². The largest absolute Gasteiger partial charge is 0.464 e. The molecule has 1 heterocycles. The van der Waals surface area contributed by atoms with Crippen molar-refractivity contribution in [2.75, 3.05) is 18.5 Å². The number of hydrogen-bond donors (Lipinski definition) is 1. The number of benzene rings is 1. The number of halogens is 3. The van der Waals surface area contributed by atoms with Crippen molar-refractivity contribution in [1.82, 2.24) is 4.98 Å². The van der Waals surface area contributed by atoms with Crippen LogP contribution in [0.5, 0.6) is 0 Å². The van der Waals surface area contributed by atoms with Gasteiger partial charge in [0.1, 0.15) is 11.4 Å². The minimum Gasteiger partial charge on any atom is -0.464 e.